The Morgan fingerprint density at radius 1 is 1.08 bits per heavy atom. The van der Waals surface area contributed by atoms with Crippen molar-refractivity contribution in [3.63, 3.8) is 0 Å². The zero-order chi connectivity index (χ0) is 16.9. The Balaban J connectivity index is 1.70. The third-order valence-electron chi connectivity index (χ3n) is 3.92. The molecule has 0 saturated heterocycles. The molecule has 3 rings (SSSR count). The van der Waals surface area contributed by atoms with E-state index in [0.717, 1.165) is 12.0 Å². The predicted molar refractivity (Wildman–Crippen MR) is 92.0 cm³/mol. The summed E-state index contributed by atoms with van der Waals surface area (Å²) in [6, 6.07) is 14.5. The number of hydrogen-bond acceptors (Lipinski definition) is 3. The third-order valence-corrected chi connectivity index (χ3v) is 3.92. The number of carbonyl (C=O) groups is 1. The number of benzene rings is 2. The van der Waals surface area contributed by atoms with Crippen LogP contribution in [0.2, 0.25) is 0 Å². The van der Waals surface area contributed by atoms with Crippen LogP contribution in [0.3, 0.4) is 0 Å². The Morgan fingerprint density at radius 2 is 1.83 bits per heavy atom. The van der Waals surface area contributed by atoms with Gasteiger partial charge < -0.3 is 4.74 Å². The molecular weight excluding hydrogens is 305 g/mol. The van der Waals surface area contributed by atoms with Crippen LogP contribution in [0, 0.1) is 5.82 Å². The second-order valence-corrected chi connectivity index (χ2v) is 5.61. The Kier molecular flexibility index (Phi) is 4.85. The van der Waals surface area contributed by atoms with Gasteiger partial charge in [-0.25, -0.2) is 14.2 Å². The fourth-order valence-electron chi connectivity index (χ4n) is 2.51. The first-order valence-corrected chi connectivity index (χ1v) is 7.99. The molecule has 24 heavy (non-hydrogen) atoms. The Labute approximate surface area is 140 Å². The van der Waals surface area contributed by atoms with Gasteiger partial charge in [0.1, 0.15) is 5.82 Å². The SMILES string of the molecule is CCc1ccc(/C=C2/N=C(CCc3ccccc3F)OC2=O)cc1. The van der Waals surface area contributed by atoms with Gasteiger partial charge >= 0.3 is 5.97 Å². The first kappa shape index (κ1) is 16.1. The summed E-state index contributed by atoms with van der Waals surface area (Å²) in [5, 5.41) is 0. The number of halogens is 1. The molecule has 0 bridgehead atoms. The van der Waals surface area contributed by atoms with E-state index in [9.17, 15) is 9.18 Å². The number of ether oxygens (including phenoxy) is 1. The zero-order valence-electron chi connectivity index (χ0n) is 13.5. The average Bonchev–Trinajstić information content (AvgIpc) is 2.94. The van der Waals surface area contributed by atoms with Gasteiger partial charge in [0.15, 0.2) is 11.6 Å². The fourth-order valence-corrected chi connectivity index (χ4v) is 2.51. The van der Waals surface area contributed by atoms with Crippen LogP contribution in [-0.4, -0.2) is 11.9 Å². The summed E-state index contributed by atoms with van der Waals surface area (Å²) in [6.45, 7) is 2.09. The lowest BCUT2D eigenvalue weighted by Crippen LogP contribution is -2.05. The molecule has 2 aromatic rings. The summed E-state index contributed by atoms with van der Waals surface area (Å²) in [5.41, 5.74) is 3.00. The molecule has 2 aromatic carbocycles. The minimum Gasteiger partial charge on any atom is -0.407 e. The topological polar surface area (TPSA) is 38.7 Å². The molecule has 1 aliphatic heterocycles. The first-order valence-electron chi connectivity index (χ1n) is 7.99. The second kappa shape index (κ2) is 7.21. The number of aryl methyl sites for hydroxylation is 2. The number of rotatable bonds is 5. The highest BCUT2D eigenvalue weighted by Crippen LogP contribution is 2.19. The Morgan fingerprint density at radius 3 is 2.54 bits per heavy atom. The van der Waals surface area contributed by atoms with Crippen molar-refractivity contribution in [3.8, 4) is 0 Å². The highest BCUT2D eigenvalue weighted by atomic mass is 19.1. The van der Waals surface area contributed by atoms with E-state index in [1.165, 1.54) is 11.6 Å². The number of cyclic esters (lactones) is 1. The van der Waals surface area contributed by atoms with E-state index in [2.05, 4.69) is 11.9 Å². The lowest BCUT2D eigenvalue weighted by atomic mass is 10.1. The zero-order valence-corrected chi connectivity index (χ0v) is 13.5. The van der Waals surface area contributed by atoms with Gasteiger partial charge in [-0.2, -0.15) is 0 Å². The maximum absolute atomic E-state index is 13.6. The van der Waals surface area contributed by atoms with E-state index in [1.807, 2.05) is 24.3 Å². The number of carbonyl (C=O) groups excluding carboxylic acids is 1. The van der Waals surface area contributed by atoms with Crippen LogP contribution >= 0.6 is 0 Å². The molecule has 0 saturated carbocycles. The minimum atomic E-state index is -0.460. The van der Waals surface area contributed by atoms with Crippen molar-refractivity contribution in [2.24, 2.45) is 4.99 Å². The van der Waals surface area contributed by atoms with Crippen molar-refractivity contribution in [1.29, 1.82) is 0 Å². The largest absolute Gasteiger partial charge is 0.407 e. The van der Waals surface area contributed by atoms with Crippen LogP contribution in [0.1, 0.15) is 30.0 Å². The molecular formula is C20H18FNO2. The van der Waals surface area contributed by atoms with Gasteiger partial charge in [-0.1, -0.05) is 49.4 Å². The van der Waals surface area contributed by atoms with Crippen LogP contribution in [0.25, 0.3) is 6.08 Å². The van der Waals surface area contributed by atoms with E-state index in [4.69, 9.17) is 4.74 Å². The summed E-state index contributed by atoms with van der Waals surface area (Å²) >= 11 is 0. The minimum absolute atomic E-state index is 0.255. The highest BCUT2D eigenvalue weighted by molar-refractivity contribution is 6.07. The van der Waals surface area contributed by atoms with Gasteiger partial charge in [0.05, 0.1) is 0 Å². The van der Waals surface area contributed by atoms with E-state index in [0.29, 0.717) is 24.3 Å². The molecule has 0 spiro atoms. The smallest absolute Gasteiger partial charge is 0.363 e. The number of aliphatic imine (C=N–C) groups is 1. The van der Waals surface area contributed by atoms with Crippen molar-refractivity contribution in [3.05, 3.63) is 76.7 Å². The van der Waals surface area contributed by atoms with Crippen LogP contribution in [-0.2, 0) is 22.4 Å². The van der Waals surface area contributed by atoms with E-state index < -0.39 is 5.97 Å². The summed E-state index contributed by atoms with van der Waals surface area (Å²) in [7, 11) is 0. The molecule has 0 amide bonds. The van der Waals surface area contributed by atoms with Crippen LogP contribution < -0.4 is 0 Å². The van der Waals surface area contributed by atoms with E-state index in [-0.39, 0.29) is 11.5 Å². The van der Waals surface area contributed by atoms with Crippen LogP contribution in [0.4, 0.5) is 4.39 Å². The summed E-state index contributed by atoms with van der Waals surface area (Å²) < 4.78 is 18.8. The molecule has 1 aliphatic rings. The third kappa shape index (κ3) is 3.77. The summed E-state index contributed by atoms with van der Waals surface area (Å²) in [5.74, 6) is -0.382. The molecule has 0 fully saturated rings. The normalized spacial score (nSPS) is 15.5. The van der Waals surface area contributed by atoms with Gasteiger partial charge in [-0.05, 0) is 41.7 Å². The summed E-state index contributed by atoms with van der Waals surface area (Å²) in [6.07, 6.45) is 3.51. The van der Waals surface area contributed by atoms with Crippen molar-refractivity contribution in [1.82, 2.24) is 0 Å². The maximum Gasteiger partial charge on any atom is 0.363 e. The van der Waals surface area contributed by atoms with Crippen molar-refractivity contribution in [2.45, 2.75) is 26.2 Å². The standard InChI is InChI=1S/C20H18FNO2/c1-2-14-7-9-15(10-8-14)13-18-20(23)24-19(22-18)12-11-16-5-3-4-6-17(16)21/h3-10,13H,2,11-12H2,1H3/b18-13+. The molecule has 0 aromatic heterocycles. The van der Waals surface area contributed by atoms with Crippen molar-refractivity contribution < 1.29 is 13.9 Å². The highest BCUT2D eigenvalue weighted by Gasteiger charge is 2.22. The molecule has 4 heteroatoms. The van der Waals surface area contributed by atoms with Gasteiger partial charge in [0, 0.05) is 6.42 Å². The molecule has 122 valence electrons. The Hall–Kier alpha value is -2.75. The monoisotopic (exact) mass is 323 g/mol. The first-order chi connectivity index (χ1) is 11.7. The van der Waals surface area contributed by atoms with Crippen LogP contribution in [0.15, 0.2) is 59.2 Å². The predicted octanol–water partition coefficient (Wildman–Crippen LogP) is 4.32. The average molecular weight is 323 g/mol. The van der Waals surface area contributed by atoms with Gasteiger partial charge in [0.2, 0.25) is 0 Å². The summed E-state index contributed by atoms with van der Waals surface area (Å²) in [4.78, 5) is 16.1. The Bertz CT molecular complexity index is 807. The molecule has 0 radical (unpaired) electrons. The lowest BCUT2D eigenvalue weighted by molar-refractivity contribution is -0.130. The van der Waals surface area contributed by atoms with Gasteiger partial charge in [-0.3, -0.25) is 0 Å². The van der Waals surface area contributed by atoms with Crippen molar-refractivity contribution >= 4 is 17.9 Å². The fraction of sp³-hybridized carbons (Fsp3) is 0.200. The molecule has 0 unspecified atom stereocenters. The quantitative estimate of drug-likeness (QED) is 0.607. The van der Waals surface area contributed by atoms with E-state index in [1.54, 1.807) is 24.3 Å². The molecule has 3 nitrogen and oxygen atoms in total. The number of esters is 1. The molecule has 0 atom stereocenters. The molecule has 0 aliphatic carbocycles. The lowest BCUT2D eigenvalue weighted by Gasteiger charge is -2.01. The van der Waals surface area contributed by atoms with Crippen LogP contribution in [0.5, 0.6) is 0 Å². The van der Waals surface area contributed by atoms with Gasteiger partial charge in [0.25, 0.3) is 0 Å². The van der Waals surface area contributed by atoms with Crippen molar-refractivity contribution in [2.75, 3.05) is 0 Å². The number of hydrogen-bond donors (Lipinski definition) is 0. The van der Waals surface area contributed by atoms with E-state index >= 15 is 0 Å². The molecule has 1 heterocycles. The second-order valence-electron chi connectivity index (χ2n) is 5.61. The molecule has 0 N–H and O–H groups in total. The van der Waals surface area contributed by atoms with Gasteiger partial charge in [-0.15, -0.1) is 0 Å². The maximum atomic E-state index is 13.6. The number of nitrogens with zero attached hydrogens (tertiary/aromatic N) is 1.